The minimum atomic E-state index is -3.88. The molecule has 1 aromatic rings. The summed E-state index contributed by atoms with van der Waals surface area (Å²) in [6.45, 7) is 2.80. The van der Waals surface area contributed by atoms with Crippen molar-refractivity contribution >= 4 is 15.9 Å². The molecule has 2 aliphatic heterocycles. The molecule has 4 rings (SSSR count). The number of rotatable bonds is 4. The number of nitrogens with zero attached hydrogens (tertiary/aromatic N) is 3. The van der Waals surface area contributed by atoms with Gasteiger partial charge in [-0.3, -0.25) is 9.69 Å². The Morgan fingerprint density at radius 2 is 1.80 bits per heavy atom. The van der Waals surface area contributed by atoms with Crippen LogP contribution in [0.1, 0.15) is 38.5 Å². The molecule has 0 bridgehead atoms. The van der Waals surface area contributed by atoms with Crippen LogP contribution in [0.3, 0.4) is 0 Å². The summed E-state index contributed by atoms with van der Waals surface area (Å²) in [6, 6.07) is 5.49. The van der Waals surface area contributed by atoms with Crippen molar-refractivity contribution in [3.05, 3.63) is 41.9 Å². The number of fused-ring (bicyclic) bond motifs is 1. The Hall–Kier alpha value is -1.77. The third-order valence-corrected chi connectivity index (χ3v) is 8.37. The molecule has 1 amide bonds. The number of carbonyl (C=O) groups is 1. The van der Waals surface area contributed by atoms with Crippen LogP contribution in [0.25, 0.3) is 0 Å². The van der Waals surface area contributed by atoms with Crippen LogP contribution in [0.5, 0.6) is 0 Å². The van der Waals surface area contributed by atoms with Crippen LogP contribution in [0, 0.1) is 11.7 Å². The number of benzene rings is 1. The van der Waals surface area contributed by atoms with Crippen molar-refractivity contribution in [1.82, 2.24) is 14.1 Å². The first-order valence-corrected chi connectivity index (χ1v) is 12.4. The first-order chi connectivity index (χ1) is 14.5. The van der Waals surface area contributed by atoms with Crippen LogP contribution in [0.2, 0.25) is 0 Å². The maximum Gasteiger partial charge on any atom is 0.246 e. The lowest BCUT2D eigenvalue weighted by Gasteiger charge is -2.38. The Balaban J connectivity index is 1.39. The molecule has 1 aliphatic carbocycles. The second-order valence-corrected chi connectivity index (χ2v) is 10.3. The first kappa shape index (κ1) is 21.5. The van der Waals surface area contributed by atoms with Gasteiger partial charge in [0, 0.05) is 31.9 Å². The standard InChI is InChI=1S/C22H30FN3O3S/c23-19-9-2-4-11-21(19)30(28,29)25-13-6-12-24(15-16-25)17-22(27)26-14-5-8-18-7-1-3-10-20(18)26/h2,4,9-11,18H,1,3,5-8,12-17H2. The predicted octanol–water partition coefficient (Wildman–Crippen LogP) is 2.83. The maximum atomic E-state index is 14.1. The number of halogens is 1. The quantitative estimate of drug-likeness (QED) is 0.730. The molecule has 0 radical (unpaired) electrons. The molecule has 1 unspecified atom stereocenters. The summed E-state index contributed by atoms with van der Waals surface area (Å²) in [4.78, 5) is 16.8. The third kappa shape index (κ3) is 4.45. The zero-order chi connectivity index (χ0) is 21.1. The zero-order valence-electron chi connectivity index (χ0n) is 17.3. The highest BCUT2D eigenvalue weighted by atomic mass is 32.2. The summed E-state index contributed by atoms with van der Waals surface area (Å²) in [5, 5.41) is 0. The number of piperidine rings is 1. The van der Waals surface area contributed by atoms with E-state index in [1.807, 2.05) is 9.80 Å². The van der Waals surface area contributed by atoms with E-state index in [-0.39, 0.29) is 17.3 Å². The molecule has 30 heavy (non-hydrogen) atoms. The average molecular weight is 436 g/mol. The fraction of sp³-hybridized carbons (Fsp3) is 0.591. The number of hydrogen-bond acceptors (Lipinski definition) is 4. The average Bonchev–Trinajstić information content (AvgIpc) is 2.99. The van der Waals surface area contributed by atoms with Gasteiger partial charge in [-0.05, 0) is 63.1 Å². The number of carbonyl (C=O) groups excluding carboxylic acids is 1. The summed E-state index contributed by atoms with van der Waals surface area (Å²) >= 11 is 0. The van der Waals surface area contributed by atoms with Gasteiger partial charge in [-0.25, -0.2) is 12.8 Å². The van der Waals surface area contributed by atoms with E-state index in [1.54, 1.807) is 0 Å². The number of hydrogen-bond donors (Lipinski definition) is 0. The maximum absolute atomic E-state index is 14.1. The molecule has 2 saturated heterocycles. The van der Waals surface area contributed by atoms with Crippen LogP contribution in [0.4, 0.5) is 4.39 Å². The zero-order valence-corrected chi connectivity index (χ0v) is 18.1. The van der Waals surface area contributed by atoms with Gasteiger partial charge in [0.2, 0.25) is 15.9 Å². The highest BCUT2D eigenvalue weighted by molar-refractivity contribution is 7.89. The molecule has 8 heteroatoms. The fourth-order valence-corrected chi connectivity index (χ4v) is 6.40. The van der Waals surface area contributed by atoms with Gasteiger partial charge in [0.15, 0.2) is 0 Å². The normalized spacial score (nSPS) is 24.1. The molecule has 1 aromatic carbocycles. The molecule has 0 spiro atoms. The first-order valence-electron chi connectivity index (χ1n) is 10.9. The second kappa shape index (κ2) is 9.16. The number of sulfonamides is 1. The Morgan fingerprint density at radius 3 is 2.63 bits per heavy atom. The number of likely N-dealkylation sites (tertiary alicyclic amines) is 1. The largest absolute Gasteiger partial charge is 0.315 e. The van der Waals surface area contributed by atoms with Gasteiger partial charge in [0.05, 0.1) is 6.54 Å². The third-order valence-electron chi connectivity index (χ3n) is 6.44. The lowest BCUT2D eigenvalue weighted by molar-refractivity contribution is -0.131. The van der Waals surface area contributed by atoms with Crippen molar-refractivity contribution < 1.29 is 17.6 Å². The highest BCUT2D eigenvalue weighted by Crippen LogP contribution is 2.35. The van der Waals surface area contributed by atoms with E-state index in [2.05, 4.69) is 6.08 Å². The molecular weight excluding hydrogens is 405 g/mol. The van der Waals surface area contributed by atoms with Crippen molar-refractivity contribution in [2.75, 3.05) is 39.3 Å². The van der Waals surface area contributed by atoms with Gasteiger partial charge in [0.1, 0.15) is 10.7 Å². The summed E-state index contributed by atoms with van der Waals surface area (Å²) in [6.07, 6.45) is 8.48. The lowest BCUT2D eigenvalue weighted by atomic mass is 9.85. The Morgan fingerprint density at radius 1 is 1.00 bits per heavy atom. The van der Waals surface area contributed by atoms with Crippen LogP contribution < -0.4 is 0 Å². The summed E-state index contributed by atoms with van der Waals surface area (Å²) in [5.74, 6) is -0.102. The van der Waals surface area contributed by atoms with Crippen LogP contribution in [-0.2, 0) is 14.8 Å². The molecular formula is C22H30FN3O3S. The summed E-state index contributed by atoms with van der Waals surface area (Å²) in [7, 11) is -3.88. The van der Waals surface area contributed by atoms with Crippen molar-refractivity contribution in [2.24, 2.45) is 5.92 Å². The molecule has 1 atom stereocenters. The topological polar surface area (TPSA) is 60.9 Å². The Labute approximate surface area is 178 Å². The van der Waals surface area contributed by atoms with Gasteiger partial charge in [0.25, 0.3) is 0 Å². The van der Waals surface area contributed by atoms with Crippen LogP contribution in [-0.4, -0.2) is 67.7 Å². The van der Waals surface area contributed by atoms with E-state index in [9.17, 15) is 17.6 Å². The second-order valence-electron chi connectivity index (χ2n) is 8.41. The molecule has 0 saturated carbocycles. The van der Waals surface area contributed by atoms with Crippen molar-refractivity contribution in [3.63, 3.8) is 0 Å². The molecule has 2 fully saturated rings. The van der Waals surface area contributed by atoms with Gasteiger partial charge < -0.3 is 4.90 Å². The Kier molecular flexibility index (Phi) is 6.55. The van der Waals surface area contributed by atoms with Gasteiger partial charge in [-0.1, -0.05) is 18.2 Å². The number of allylic oxidation sites excluding steroid dienone is 2. The monoisotopic (exact) mass is 435 g/mol. The summed E-state index contributed by atoms with van der Waals surface area (Å²) in [5.41, 5.74) is 1.20. The minimum Gasteiger partial charge on any atom is -0.315 e. The van der Waals surface area contributed by atoms with Crippen LogP contribution in [0.15, 0.2) is 40.9 Å². The number of amides is 1. The van der Waals surface area contributed by atoms with E-state index >= 15 is 0 Å². The fourth-order valence-electron chi connectivity index (χ4n) is 4.86. The van der Waals surface area contributed by atoms with Crippen molar-refractivity contribution in [1.29, 1.82) is 0 Å². The summed E-state index contributed by atoms with van der Waals surface area (Å²) < 4.78 is 41.2. The highest BCUT2D eigenvalue weighted by Gasteiger charge is 2.33. The Bertz CT molecular complexity index is 918. The minimum absolute atomic E-state index is 0.110. The SMILES string of the molecule is O=C(CN1CCCN(S(=O)(=O)c2ccccc2F)CC1)N1CCCC2CCCC=C21. The molecule has 164 valence electrons. The van der Waals surface area contributed by atoms with Crippen molar-refractivity contribution in [3.8, 4) is 0 Å². The van der Waals surface area contributed by atoms with Gasteiger partial charge >= 0.3 is 0 Å². The predicted molar refractivity (Wildman–Crippen MR) is 113 cm³/mol. The lowest BCUT2D eigenvalue weighted by Crippen LogP contribution is -2.45. The van der Waals surface area contributed by atoms with Gasteiger partial charge in [-0.15, -0.1) is 0 Å². The molecule has 2 heterocycles. The molecule has 0 aromatic heterocycles. The smallest absolute Gasteiger partial charge is 0.246 e. The molecule has 6 nitrogen and oxygen atoms in total. The van der Waals surface area contributed by atoms with E-state index < -0.39 is 15.8 Å². The van der Waals surface area contributed by atoms with Gasteiger partial charge in [-0.2, -0.15) is 4.31 Å². The van der Waals surface area contributed by atoms with Crippen molar-refractivity contribution in [2.45, 2.75) is 43.4 Å². The van der Waals surface area contributed by atoms with E-state index in [0.29, 0.717) is 38.5 Å². The van der Waals surface area contributed by atoms with E-state index in [0.717, 1.165) is 19.4 Å². The van der Waals surface area contributed by atoms with E-state index in [4.69, 9.17) is 0 Å². The molecule has 0 N–H and O–H groups in total. The van der Waals surface area contributed by atoms with E-state index in [1.165, 1.54) is 53.5 Å². The van der Waals surface area contributed by atoms with Crippen LogP contribution >= 0.6 is 0 Å². The molecule has 3 aliphatic rings.